The molecule has 31 heavy (non-hydrogen) atoms. The Labute approximate surface area is 196 Å². The van der Waals surface area contributed by atoms with Crippen molar-refractivity contribution in [3.05, 3.63) is 68.8 Å². The molecule has 0 fully saturated rings. The van der Waals surface area contributed by atoms with Crippen LogP contribution in [0.5, 0.6) is 11.5 Å². The summed E-state index contributed by atoms with van der Waals surface area (Å²) >= 11 is 17.5. The second-order valence-electron chi connectivity index (χ2n) is 6.73. The Morgan fingerprint density at radius 2 is 1.94 bits per heavy atom. The lowest BCUT2D eigenvalue weighted by Gasteiger charge is -2.30. The van der Waals surface area contributed by atoms with Gasteiger partial charge >= 0.3 is 5.97 Å². The maximum atomic E-state index is 12.6. The van der Waals surface area contributed by atoms with Crippen LogP contribution >= 0.6 is 35.4 Å². The molecule has 0 radical (unpaired) electrons. The largest absolute Gasteiger partial charge is 0.493 e. The highest BCUT2D eigenvalue weighted by atomic mass is 35.5. The van der Waals surface area contributed by atoms with Crippen molar-refractivity contribution in [2.45, 2.75) is 26.5 Å². The Kier molecular flexibility index (Phi) is 7.64. The van der Waals surface area contributed by atoms with Gasteiger partial charge in [0, 0.05) is 21.3 Å². The van der Waals surface area contributed by atoms with Gasteiger partial charge in [-0.05, 0) is 55.9 Å². The predicted octanol–water partition coefficient (Wildman–Crippen LogP) is 4.94. The fourth-order valence-corrected chi connectivity index (χ4v) is 3.93. The van der Waals surface area contributed by atoms with Crippen LogP contribution in [0, 0.1) is 0 Å². The smallest absolute Gasteiger partial charge is 0.338 e. The van der Waals surface area contributed by atoms with Crippen LogP contribution in [0.3, 0.4) is 0 Å². The third kappa shape index (κ3) is 5.42. The second-order valence-corrected chi connectivity index (χ2v) is 7.98. The lowest BCUT2D eigenvalue weighted by atomic mass is 9.95. The Balaban J connectivity index is 1.88. The lowest BCUT2D eigenvalue weighted by Crippen LogP contribution is -2.45. The molecule has 6 nitrogen and oxygen atoms in total. The maximum Gasteiger partial charge on any atom is 0.338 e. The molecule has 2 N–H and O–H groups in total. The van der Waals surface area contributed by atoms with Crippen molar-refractivity contribution in [2.24, 2.45) is 0 Å². The summed E-state index contributed by atoms with van der Waals surface area (Å²) in [5.74, 6) is 0.631. The lowest BCUT2D eigenvalue weighted by molar-refractivity contribution is -0.139. The van der Waals surface area contributed by atoms with Crippen molar-refractivity contribution in [1.29, 1.82) is 0 Å². The molecular formula is C22H22Cl2N2O4S. The highest BCUT2D eigenvalue weighted by Crippen LogP contribution is 2.35. The van der Waals surface area contributed by atoms with Gasteiger partial charge in [0.2, 0.25) is 0 Å². The van der Waals surface area contributed by atoms with E-state index in [0.717, 1.165) is 11.1 Å². The molecular weight excluding hydrogens is 459 g/mol. The zero-order valence-corrected chi connectivity index (χ0v) is 19.6. The SMILES string of the molecule is CCOC(=O)C1=C(C)NC(=S)N[C@@H]1c1ccc(OCc2ccc(Cl)cc2Cl)c(OC)c1. The van der Waals surface area contributed by atoms with E-state index < -0.39 is 12.0 Å². The number of halogens is 2. The molecule has 3 rings (SSSR count). The first-order chi connectivity index (χ1) is 14.8. The number of ether oxygens (including phenoxy) is 3. The molecule has 0 spiro atoms. The normalized spacial score (nSPS) is 15.8. The van der Waals surface area contributed by atoms with E-state index >= 15 is 0 Å². The Hall–Kier alpha value is -2.48. The maximum absolute atomic E-state index is 12.6. The molecule has 1 aliphatic heterocycles. The number of hydrogen-bond donors (Lipinski definition) is 2. The second kappa shape index (κ2) is 10.2. The van der Waals surface area contributed by atoms with E-state index in [1.54, 1.807) is 45.2 Å². The number of thiocarbonyl (C=S) groups is 1. The highest BCUT2D eigenvalue weighted by Gasteiger charge is 2.31. The number of hydrogen-bond acceptors (Lipinski definition) is 5. The Bertz CT molecular complexity index is 1040. The van der Waals surface area contributed by atoms with Crippen molar-refractivity contribution in [3.63, 3.8) is 0 Å². The van der Waals surface area contributed by atoms with Gasteiger partial charge in [0.25, 0.3) is 0 Å². The molecule has 0 aliphatic carbocycles. The molecule has 0 saturated heterocycles. The summed E-state index contributed by atoms with van der Waals surface area (Å²) in [6.45, 7) is 4.07. The molecule has 2 aromatic rings. The van der Waals surface area contributed by atoms with Crippen LogP contribution < -0.4 is 20.1 Å². The predicted molar refractivity (Wildman–Crippen MR) is 125 cm³/mol. The third-order valence-electron chi connectivity index (χ3n) is 4.68. The van der Waals surface area contributed by atoms with E-state index in [1.807, 2.05) is 12.1 Å². The molecule has 1 atom stereocenters. The third-order valence-corrected chi connectivity index (χ3v) is 5.49. The molecule has 0 aromatic heterocycles. The van der Waals surface area contributed by atoms with Gasteiger partial charge in [0.15, 0.2) is 16.6 Å². The number of carbonyl (C=O) groups excluding carboxylic acids is 1. The molecule has 9 heteroatoms. The van der Waals surface area contributed by atoms with Crippen molar-refractivity contribution in [2.75, 3.05) is 13.7 Å². The zero-order valence-electron chi connectivity index (χ0n) is 17.3. The van der Waals surface area contributed by atoms with E-state index in [1.165, 1.54) is 0 Å². The Morgan fingerprint density at radius 1 is 1.16 bits per heavy atom. The minimum atomic E-state index is -0.485. The van der Waals surface area contributed by atoms with Crippen LogP contribution in [0.25, 0.3) is 0 Å². The highest BCUT2D eigenvalue weighted by molar-refractivity contribution is 7.80. The molecule has 0 unspecified atom stereocenters. The monoisotopic (exact) mass is 480 g/mol. The van der Waals surface area contributed by atoms with Crippen molar-refractivity contribution >= 4 is 46.5 Å². The summed E-state index contributed by atoms with van der Waals surface area (Å²) < 4.78 is 16.7. The summed E-state index contributed by atoms with van der Waals surface area (Å²) in [7, 11) is 1.55. The van der Waals surface area contributed by atoms with E-state index in [9.17, 15) is 4.79 Å². The Morgan fingerprint density at radius 3 is 2.61 bits per heavy atom. The van der Waals surface area contributed by atoms with Gasteiger partial charge in [-0.15, -0.1) is 0 Å². The molecule has 1 aliphatic rings. The van der Waals surface area contributed by atoms with Gasteiger partial charge in [0.1, 0.15) is 6.61 Å². The number of methoxy groups -OCH3 is 1. The fraction of sp³-hybridized carbons (Fsp3) is 0.273. The van der Waals surface area contributed by atoms with Gasteiger partial charge in [-0.25, -0.2) is 4.79 Å². The van der Waals surface area contributed by atoms with Crippen LogP contribution in [0.15, 0.2) is 47.7 Å². The molecule has 0 bridgehead atoms. The first-order valence-corrected chi connectivity index (χ1v) is 10.7. The topological polar surface area (TPSA) is 68.8 Å². The minimum Gasteiger partial charge on any atom is -0.493 e. The van der Waals surface area contributed by atoms with E-state index in [2.05, 4.69) is 10.6 Å². The van der Waals surface area contributed by atoms with Gasteiger partial charge in [-0.3, -0.25) is 0 Å². The van der Waals surface area contributed by atoms with Crippen LogP contribution in [-0.2, 0) is 16.1 Å². The first-order valence-electron chi connectivity index (χ1n) is 9.54. The van der Waals surface area contributed by atoms with Gasteiger partial charge in [0.05, 0.1) is 25.3 Å². The summed E-state index contributed by atoms with van der Waals surface area (Å²) in [5, 5.41) is 7.61. The average molecular weight is 481 g/mol. The number of benzene rings is 2. The first kappa shape index (κ1) is 23.2. The van der Waals surface area contributed by atoms with Crippen molar-refractivity contribution in [1.82, 2.24) is 10.6 Å². The molecule has 1 heterocycles. The van der Waals surface area contributed by atoms with Crippen molar-refractivity contribution < 1.29 is 19.0 Å². The molecule has 0 amide bonds. The quantitative estimate of drug-likeness (QED) is 0.429. The molecule has 2 aromatic carbocycles. The van der Waals surface area contributed by atoms with Crippen molar-refractivity contribution in [3.8, 4) is 11.5 Å². The minimum absolute atomic E-state index is 0.245. The van der Waals surface area contributed by atoms with Gasteiger partial charge < -0.3 is 24.8 Å². The summed E-state index contributed by atoms with van der Waals surface area (Å²) in [5.41, 5.74) is 2.67. The number of carbonyl (C=O) groups is 1. The van der Waals surface area contributed by atoms with Crippen LogP contribution in [-0.4, -0.2) is 24.8 Å². The summed E-state index contributed by atoms with van der Waals surface area (Å²) in [6, 6.07) is 10.2. The number of esters is 1. The van der Waals surface area contributed by atoms with Crippen LogP contribution in [0.2, 0.25) is 10.0 Å². The van der Waals surface area contributed by atoms with E-state index in [-0.39, 0.29) is 13.2 Å². The van der Waals surface area contributed by atoms with Crippen LogP contribution in [0.4, 0.5) is 0 Å². The average Bonchev–Trinajstić information content (AvgIpc) is 2.72. The fourth-order valence-electron chi connectivity index (χ4n) is 3.20. The van der Waals surface area contributed by atoms with Gasteiger partial charge in [-0.1, -0.05) is 35.3 Å². The zero-order chi connectivity index (χ0) is 22.5. The molecule has 164 valence electrons. The standard InChI is InChI=1S/C22H22Cl2N2O4S/c1-4-29-21(27)19-12(2)25-22(31)26-20(19)13-6-8-17(18(9-13)28-3)30-11-14-5-7-15(23)10-16(14)24/h5-10,20H,4,11H2,1-3H3,(H2,25,26,31)/t20-/m1/s1. The number of allylic oxidation sites excluding steroid dienone is 1. The van der Waals surface area contributed by atoms with Crippen LogP contribution in [0.1, 0.15) is 31.0 Å². The summed E-state index contributed by atoms with van der Waals surface area (Å²) in [4.78, 5) is 12.6. The summed E-state index contributed by atoms with van der Waals surface area (Å²) in [6.07, 6.45) is 0. The van der Waals surface area contributed by atoms with Gasteiger partial charge in [-0.2, -0.15) is 0 Å². The van der Waals surface area contributed by atoms with E-state index in [0.29, 0.717) is 37.9 Å². The number of rotatable bonds is 7. The number of nitrogens with one attached hydrogen (secondary N) is 2. The van der Waals surface area contributed by atoms with E-state index in [4.69, 9.17) is 49.6 Å². The molecule has 0 saturated carbocycles.